The average molecular weight is 216 g/mol. The molecule has 0 fully saturated rings. The van der Waals surface area contributed by atoms with Crippen LogP contribution in [0.2, 0.25) is 0 Å². The molecule has 0 saturated carbocycles. The highest BCUT2D eigenvalue weighted by molar-refractivity contribution is 5.26. The summed E-state index contributed by atoms with van der Waals surface area (Å²) in [5.41, 5.74) is 0.290. The van der Waals surface area contributed by atoms with Crippen molar-refractivity contribution in [2.45, 2.75) is 18.8 Å². The summed E-state index contributed by atoms with van der Waals surface area (Å²) in [4.78, 5) is 0. The van der Waals surface area contributed by atoms with Crippen LogP contribution in [0, 0.1) is 5.82 Å². The lowest BCUT2D eigenvalue weighted by Gasteiger charge is -2.16. The summed E-state index contributed by atoms with van der Waals surface area (Å²) >= 11 is 0. The Morgan fingerprint density at radius 2 is 1.87 bits per heavy atom. The molecule has 0 amide bonds. The van der Waals surface area contributed by atoms with E-state index in [-0.39, 0.29) is 11.1 Å². The largest absolute Gasteiger partial charge is 0.394 e. The maximum Gasteiger partial charge on any atom is 0.128 e. The Balaban J connectivity index is 2.95. The van der Waals surface area contributed by atoms with Gasteiger partial charge in [-0.05, 0) is 17.7 Å². The normalized spacial score (nSPS) is 15.0. The fourth-order valence-corrected chi connectivity index (χ4v) is 1.22. The fraction of sp³-hybridized carbons (Fsp3) is 0.400. The first kappa shape index (κ1) is 12.1. The van der Waals surface area contributed by atoms with Crippen molar-refractivity contribution in [1.82, 2.24) is 0 Å². The van der Waals surface area contributed by atoms with Crippen molar-refractivity contribution in [3.05, 3.63) is 35.1 Å². The van der Waals surface area contributed by atoms with E-state index in [9.17, 15) is 9.50 Å². The van der Waals surface area contributed by atoms with E-state index >= 15 is 0 Å². The monoisotopic (exact) mass is 216 g/mol. The van der Waals surface area contributed by atoms with E-state index in [1.54, 1.807) is 0 Å². The molecular weight excluding hydrogens is 203 g/mol. The van der Waals surface area contributed by atoms with Crippen LogP contribution in [0.25, 0.3) is 0 Å². The molecule has 84 valence electrons. The number of halogens is 1. The van der Waals surface area contributed by atoms with Gasteiger partial charge in [-0.1, -0.05) is 6.07 Å². The fourth-order valence-electron chi connectivity index (χ4n) is 1.22. The topological polar surface area (TPSA) is 80.9 Å². The Hall–Kier alpha value is -1.01. The molecule has 0 saturated heterocycles. The predicted molar refractivity (Wildman–Crippen MR) is 50.4 cm³/mol. The second-order valence-corrected chi connectivity index (χ2v) is 3.20. The van der Waals surface area contributed by atoms with Gasteiger partial charge in [0.2, 0.25) is 0 Å². The highest BCUT2D eigenvalue weighted by atomic mass is 19.1. The van der Waals surface area contributed by atoms with E-state index in [0.717, 1.165) is 6.07 Å². The van der Waals surface area contributed by atoms with Crippen molar-refractivity contribution in [3.8, 4) is 0 Å². The summed E-state index contributed by atoms with van der Waals surface area (Å²) in [7, 11) is 0. The second kappa shape index (κ2) is 5.18. The molecule has 0 spiro atoms. The molecule has 0 aliphatic rings. The summed E-state index contributed by atoms with van der Waals surface area (Å²) in [5.74, 6) is -0.577. The standard InChI is InChI=1S/C10H13FO4/c11-8-2-1-6(3-7(8)4-12)10(15)9(14)5-13/h1-3,9-10,12-15H,4-5H2. The predicted octanol–water partition coefficient (Wildman–Crippen LogP) is -0.295. The summed E-state index contributed by atoms with van der Waals surface area (Å²) in [6.45, 7) is -1.07. The number of hydrogen-bond acceptors (Lipinski definition) is 4. The van der Waals surface area contributed by atoms with Gasteiger partial charge in [0, 0.05) is 5.56 Å². The first-order valence-electron chi connectivity index (χ1n) is 4.46. The van der Waals surface area contributed by atoms with Crippen molar-refractivity contribution in [2.24, 2.45) is 0 Å². The van der Waals surface area contributed by atoms with E-state index in [4.69, 9.17) is 15.3 Å². The minimum absolute atomic E-state index is 0.0386. The number of aliphatic hydroxyl groups is 4. The molecule has 5 heteroatoms. The van der Waals surface area contributed by atoms with Gasteiger partial charge in [0.1, 0.15) is 18.0 Å². The van der Waals surface area contributed by atoms with Gasteiger partial charge in [0.05, 0.1) is 13.2 Å². The Labute approximate surface area is 86.2 Å². The van der Waals surface area contributed by atoms with E-state index < -0.39 is 31.2 Å². The van der Waals surface area contributed by atoms with Crippen LogP contribution in [0.1, 0.15) is 17.2 Å². The Morgan fingerprint density at radius 3 is 2.40 bits per heavy atom. The molecule has 2 atom stereocenters. The van der Waals surface area contributed by atoms with Gasteiger partial charge < -0.3 is 20.4 Å². The molecule has 1 rings (SSSR count). The van der Waals surface area contributed by atoms with E-state index in [1.807, 2.05) is 0 Å². The zero-order chi connectivity index (χ0) is 11.4. The van der Waals surface area contributed by atoms with Crippen molar-refractivity contribution in [2.75, 3.05) is 6.61 Å². The van der Waals surface area contributed by atoms with Crippen LogP contribution in [-0.4, -0.2) is 33.1 Å². The molecule has 1 aromatic carbocycles. The second-order valence-electron chi connectivity index (χ2n) is 3.20. The van der Waals surface area contributed by atoms with Crippen LogP contribution in [0.4, 0.5) is 4.39 Å². The first-order chi connectivity index (χ1) is 7.10. The molecule has 1 aromatic rings. The summed E-state index contributed by atoms with van der Waals surface area (Å²) in [6.07, 6.45) is -2.61. The van der Waals surface area contributed by atoms with Crippen molar-refractivity contribution < 1.29 is 24.8 Å². The van der Waals surface area contributed by atoms with Crippen LogP contribution < -0.4 is 0 Å². The number of benzene rings is 1. The first-order valence-corrected chi connectivity index (χ1v) is 4.46. The van der Waals surface area contributed by atoms with Crippen LogP contribution in [0.15, 0.2) is 18.2 Å². The van der Waals surface area contributed by atoms with Crippen LogP contribution in [0.3, 0.4) is 0 Å². The molecule has 15 heavy (non-hydrogen) atoms. The lowest BCUT2D eigenvalue weighted by atomic mass is 10.0. The SMILES string of the molecule is OCc1cc(C(O)C(O)CO)ccc1F. The van der Waals surface area contributed by atoms with E-state index in [2.05, 4.69) is 0 Å². The summed E-state index contributed by atoms with van der Waals surface area (Å²) in [6, 6.07) is 3.63. The maximum absolute atomic E-state index is 13.0. The van der Waals surface area contributed by atoms with Gasteiger partial charge >= 0.3 is 0 Å². The molecule has 0 aliphatic carbocycles. The number of rotatable bonds is 4. The van der Waals surface area contributed by atoms with Crippen molar-refractivity contribution in [3.63, 3.8) is 0 Å². The molecule has 0 bridgehead atoms. The quantitative estimate of drug-likeness (QED) is 0.557. The van der Waals surface area contributed by atoms with Gasteiger partial charge in [-0.2, -0.15) is 0 Å². The van der Waals surface area contributed by atoms with Gasteiger partial charge in [-0.25, -0.2) is 4.39 Å². The highest BCUT2D eigenvalue weighted by Crippen LogP contribution is 2.19. The highest BCUT2D eigenvalue weighted by Gasteiger charge is 2.18. The minimum atomic E-state index is -1.32. The van der Waals surface area contributed by atoms with Crippen molar-refractivity contribution >= 4 is 0 Å². The van der Waals surface area contributed by atoms with Crippen molar-refractivity contribution in [1.29, 1.82) is 0 Å². The Morgan fingerprint density at radius 1 is 1.20 bits per heavy atom. The average Bonchev–Trinajstić information content (AvgIpc) is 2.27. The minimum Gasteiger partial charge on any atom is -0.394 e. The van der Waals surface area contributed by atoms with Gasteiger partial charge in [-0.15, -0.1) is 0 Å². The number of hydrogen-bond donors (Lipinski definition) is 4. The molecule has 2 unspecified atom stereocenters. The smallest absolute Gasteiger partial charge is 0.128 e. The molecule has 0 radical (unpaired) electrons. The van der Waals surface area contributed by atoms with Crippen LogP contribution >= 0.6 is 0 Å². The Bertz CT molecular complexity index is 329. The van der Waals surface area contributed by atoms with E-state index in [0.29, 0.717) is 0 Å². The molecule has 0 aromatic heterocycles. The third-order valence-electron chi connectivity index (χ3n) is 2.13. The number of aliphatic hydroxyl groups excluding tert-OH is 4. The van der Waals surface area contributed by atoms with E-state index in [1.165, 1.54) is 12.1 Å². The zero-order valence-electron chi connectivity index (χ0n) is 7.97. The van der Waals surface area contributed by atoms with Crippen LogP contribution in [0.5, 0.6) is 0 Å². The molecule has 0 aliphatic heterocycles. The van der Waals surface area contributed by atoms with Crippen LogP contribution in [-0.2, 0) is 6.61 Å². The van der Waals surface area contributed by atoms with Gasteiger partial charge in [0.15, 0.2) is 0 Å². The third kappa shape index (κ3) is 2.73. The molecular formula is C10H13FO4. The lowest BCUT2D eigenvalue weighted by Crippen LogP contribution is -2.22. The molecule has 4 N–H and O–H groups in total. The molecule has 0 heterocycles. The van der Waals surface area contributed by atoms with Gasteiger partial charge in [0.25, 0.3) is 0 Å². The summed E-state index contributed by atoms with van der Waals surface area (Å²) < 4.78 is 13.0. The zero-order valence-corrected chi connectivity index (χ0v) is 7.97. The summed E-state index contributed by atoms with van der Waals surface area (Å²) in [5, 5.41) is 36.0. The maximum atomic E-state index is 13.0. The Kier molecular flexibility index (Phi) is 4.16. The molecule has 4 nitrogen and oxygen atoms in total. The lowest BCUT2D eigenvalue weighted by molar-refractivity contribution is -0.0153. The van der Waals surface area contributed by atoms with Gasteiger partial charge in [-0.3, -0.25) is 0 Å². The third-order valence-corrected chi connectivity index (χ3v) is 2.13.